The third-order valence-corrected chi connectivity index (χ3v) is 21.2. The largest absolute Gasteiger partial charge is 0.365 e. The zero-order chi connectivity index (χ0) is 54.6. The highest BCUT2D eigenvalue weighted by atomic mass is 32.2. The van der Waals surface area contributed by atoms with E-state index in [1.165, 1.54) is 47.6 Å². The Labute approximate surface area is 455 Å². The summed E-state index contributed by atoms with van der Waals surface area (Å²) in [5.74, 6) is -3.15. The van der Waals surface area contributed by atoms with Gasteiger partial charge in [0.25, 0.3) is 43.7 Å². The van der Waals surface area contributed by atoms with Gasteiger partial charge in [-0.25, -0.2) is 25.4 Å². The van der Waals surface area contributed by atoms with Gasteiger partial charge in [0, 0.05) is 26.9 Å². The molecule has 0 unspecified atom stereocenters. The van der Waals surface area contributed by atoms with E-state index in [2.05, 4.69) is 6.08 Å². The van der Waals surface area contributed by atoms with Crippen molar-refractivity contribution in [3.63, 3.8) is 0 Å². The molecule has 14 rings (SSSR count). The fourth-order valence-corrected chi connectivity index (χ4v) is 17.8. The number of aliphatic hydroxyl groups excluding tert-OH is 2. The van der Waals surface area contributed by atoms with E-state index < -0.39 is 89.9 Å². The van der Waals surface area contributed by atoms with Crippen molar-refractivity contribution in [1.29, 1.82) is 0 Å². The first-order valence-electron chi connectivity index (χ1n) is 25.3. The lowest BCUT2D eigenvalue weighted by Gasteiger charge is -2.47. The Kier molecular flexibility index (Phi) is 10.9. The molecule has 4 fully saturated rings. The third kappa shape index (κ3) is 6.28. The van der Waals surface area contributed by atoms with E-state index in [-0.39, 0.29) is 22.6 Å². The standard InChI is InChI=1S/C29H25N3O6S.C29H25N3O5S2/c1-30-24(33)25(34)31-26-28(17-29(31,36)27(30)35,21-16-15-18-9-5-6-12-20(18)21)22-13-7-8-14-23(22)32(26)39(37,38)19-10-3-2-4-11-19;1-30-24(33)25(34)31-26-28(17-29(31,38)27(30)35,21-16-15-18-9-5-6-12-20(18)21)22-13-7-8-14-23(22)32(26)39(36,37)19-10-3-2-4-11-19/h2-14,16,24,26,33,36H,15,17H2,1H3;2-14,16,24,26,33,38H,15,17H2,1H3/t24-,26+,28+,29-;24-,26+,28+,29+/m11/s1. The zero-order valence-electron chi connectivity index (χ0n) is 41.9. The number of amides is 4. The van der Waals surface area contributed by atoms with E-state index >= 15 is 0 Å². The number of rotatable bonds is 6. The first kappa shape index (κ1) is 49.9. The third-order valence-electron chi connectivity index (χ3n) is 17.1. The minimum atomic E-state index is -4.31. The number of thiol groups is 1. The van der Waals surface area contributed by atoms with Gasteiger partial charge in [-0.15, -0.1) is 12.6 Å². The number of sulfonamides is 2. The van der Waals surface area contributed by atoms with Crippen molar-refractivity contribution in [2.45, 2.75) is 81.7 Å². The maximum absolute atomic E-state index is 14.4. The Morgan fingerprint density at radius 2 is 0.885 bits per heavy atom. The van der Waals surface area contributed by atoms with Crippen LogP contribution in [0.5, 0.6) is 0 Å². The molecule has 6 aliphatic heterocycles. The van der Waals surface area contributed by atoms with Gasteiger partial charge in [0.05, 0.1) is 32.0 Å². The molecule has 0 aromatic heterocycles. The Morgan fingerprint density at radius 1 is 0.500 bits per heavy atom. The van der Waals surface area contributed by atoms with Crippen LogP contribution in [0.1, 0.15) is 46.2 Å². The summed E-state index contributed by atoms with van der Waals surface area (Å²) in [5, 5.41) is 33.6. The molecule has 4 amide bonds. The molecule has 3 N–H and O–H groups in total. The number of allylic oxidation sites excluding steroid dienone is 2. The highest BCUT2D eigenvalue weighted by Gasteiger charge is 2.77. The van der Waals surface area contributed by atoms with E-state index in [9.17, 15) is 51.3 Å². The molecule has 0 saturated carbocycles. The second-order valence-electron chi connectivity index (χ2n) is 20.9. The van der Waals surface area contributed by atoms with Crippen molar-refractivity contribution in [2.75, 3.05) is 22.7 Å². The molecule has 20 heteroatoms. The van der Waals surface area contributed by atoms with Crippen LogP contribution in [0.3, 0.4) is 0 Å². The average Bonchev–Trinajstić information content (AvgIpc) is 4.23. The smallest absolute Gasteiger partial charge is 0.278 e. The van der Waals surface area contributed by atoms with Crippen molar-refractivity contribution in [1.82, 2.24) is 19.6 Å². The zero-order valence-corrected chi connectivity index (χ0v) is 44.4. The predicted molar refractivity (Wildman–Crippen MR) is 289 cm³/mol. The van der Waals surface area contributed by atoms with E-state index in [1.54, 1.807) is 72.8 Å². The number of para-hydroxylation sites is 2. The van der Waals surface area contributed by atoms with Gasteiger partial charge in [-0.05, 0) is 93.8 Å². The normalized spacial score (nSPS) is 29.2. The number of likely N-dealkylation sites (N-methyl/N-ethyl adjacent to an activating group) is 2. The number of aliphatic hydroxyl groups is 3. The quantitative estimate of drug-likeness (QED) is 0.170. The van der Waals surface area contributed by atoms with Crippen LogP contribution in [0, 0.1) is 0 Å². The number of carbonyl (C=O) groups excluding carboxylic acids is 4. The monoisotopic (exact) mass is 1100 g/mol. The second-order valence-corrected chi connectivity index (χ2v) is 25.3. The van der Waals surface area contributed by atoms with Crippen LogP contribution in [-0.4, -0.2) is 125 Å². The number of hydrogen-bond acceptors (Lipinski definition) is 12. The lowest BCUT2D eigenvalue weighted by molar-refractivity contribution is -0.207. The number of nitrogens with zero attached hydrogens (tertiary/aromatic N) is 6. The number of hydrogen-bond donors (Lipinski definition) is 4. The molecule has 8 aliphatic rings. The number of fused-ring (bicyclic) bond motifs is 12. The summed E-state index contributed by atoms with van der Waals surface area (Å²) in [7, 11) is -5.93. The lowest BCUT2D eigenvalue weighted by atomic mass is 9.70. The summed E-state index contributed by atoms with van der Waals surface area (Å²) in [6.45, 7) is 0. The fourth-order valence-electron chi connectivity index (χ4n) is 13.8. The van der Waals surface area contributed by atoms with Crippen LogP contribution >= 0.6 is 12.6 Å². The van der Waals surface area contributed by atoms with Crippen molar-refractivity contribution in [3.8, 4) is 0 Å². The Morgan fingerprint density at radius 3 is 1.37 bits per heavy atom. The van der Waals surface area contributed by atoms with E-state index in [0.29, 0.717) is 35.3 Å². The van der Waals surface area contributed by atoms with Crippen LogP contribution in [0.2, 0.25) is 0 Å². The Bertz CT molecular complexity index is 3670. The second kappa shape index (κ2) is 17.0. The van der Waals surface area contributed by atoms with Crippen LogP contribution in [0.15, 0.2) is 180 Å². The summed E-state index contributed by atoms with van der Waals surface area (Å²) < 4.78 is 60.1. The molecule has 8 atom stereocenters. The molecule has 6 aromatic rings. The Hall–Kier alpha value is -7.59. The van der Waals surface area contributed by atoms with Gasteiger partial charge in [-0.3, -0.25) is 29.0 Å². The average molecular weight is 1100 g/mol. The highest BCUT2D eigenvalue weighted by molar-refractivity contribution is 7.93. The van der Waals surface area contributed by atoms with Crippen molar-refractivity contribution >= 4 is 78.8 Å². The minimum absolute atomic E-state index is 0.000274. The van der Waals surface area contributed by atoms with Crippen molar-refractivity contribution < 1.29 is 51.3 Å². The van der Waals surface area contributed by atoms with Gasteiger partial charge in [-0.2, -0.15) is 0 Å². The molecule has 2 aliphatic carbocycles. The van der Waals surface area contributed by atoms with Gasteiger partial charge >= 0.3 is 0 Å². The molecule has 396 valence electrons. The number of piperazine rings is 2. The molecule has 0 spiro atoms. The van der Waals surface area contributed by atoms with Gasteiger partial charge < -0.3 is 25.1 Å². The molecule has 6 heterocycles. The first-order valence-corrected chi connectivity index (χ1v) is 28.6. The maximum Gasteiger partial charge on any atom is 0.278 e. The summed E-state index contributed by atoms with van der Waals surface area (Å²) in [6, 6.07) is 45.7. The lowest BCUT2D eigenvalue weighted by Crippen LogP contribution is -2.71. The molecule has 0 radical (unpaired) electrons. The summed E-state index contributed by atoms with van der Waals surface area (Å²) >= 11 is 4.85. The van der Waals surface area contributed by atoms with Crippen LogP contribution in [0.4, 0.5) is 11.4 Å². The van der Waals surface area contributed by atoms with Gasteiger partial charge in [0.2, 0.25) is 18.2 Å². The van der Waals surface area contributed by atoms with Crippen LogP contribution in [-0.2, 0) is 62.9 Å². The topological polar surface area (TPSA) is 217 Å². The van der Waals surface area contributed by atoms with Crippen LogP contribution in [0.25, 0.3) is 11.1 Å². The van der Waals surface area contributed by atoms with Crippen molar-refractivity contribution in [3.05, 3.63) is 203 Å². The molecular formula is C58H50N6O11S3. The van der Waals surface area contributed by atoms with E-state index in [4.69, 9.17) is 12.6 Å². The van der Waals surface area contributed by atoms with Gasteiger partial charge in [0.1, 0.15) is 12.3 Å². The summed E-state index contributed by atoms with van der Waals surface area (Å²) in [4.78, 5) is 57.3. The Balaban J connectivity index is 0.000000148. The van der Waals surface area contributed by atoms with Crippen molar-refractivity contribution in [2.24, 2.45) is 0 Å². The minimum Gasteiger partial charge on any atom is -0.365 e. The molecule has 78 heavy (non-hydrogen) atoms. The predicted octanol–water partition coefficient (Wildman–Crippen LogP) is 4.56. The maximum atomic E-state index is 14.4. The molecule has 0 bridgehead atoms. The fraction of sp³-hybridized carbons (Fsp3) is 0.241. The van der Waals surface area contributed by atoms with Gasteiger partial charge in [-0.1, -0.05) is 133 Å². The number of anilines is 2. The first-order chi connectivity index (χ1) is 37.3. The van der Waals surface area contributed by atoms with E-state index in [0.717, 1.165) is 52.4 Å². The highest BCUT2D eigenvalue weighted by Crippen LogP contribution is 2.67. The summed E-state index contributed by atoms with van der Waals surface area (Å²) in [6.07, 6.45) is -1.11. The SMILES string of the molecule is CN1C(=O)[C@@]2(S)C[C@]3(C4=CCc5ccccc54)c4ccccc4N(S(=O)(=O)c4ccccc4)[C@@H]3N2C(=O)[C@H]1O.CN1C(=O)[C@]2(O)C[C@]3(C4=CCc5ccccc54)c4ccccc4N(S(=O)(=O)c4ccccc4)[C@@H]3N2C(=O)[C@H]1O. The molecule has 4 saturated heterocycles. The molecule has 17 nitrogen and oxygen atoms in total. The number of benzene rings is 6. The molecule has 6 aromatic carbocycles. The summed E-state index contributed by atoms with van der Waals surface area (Å²) in [5.41, 5.74) is 2.76. The number of carbonyl (C=O) groups is 4. The molecular weight excluding hydrogens is 1050 g/mol. The van der Waals surface area contributed by atoms with E-state index in [1.807, 2.05) is 66.7 Å². The van der Waals surface area contributed by atoms with Gasteiger partial charge in [0.15, 0.2) is 4.87 Å². The van der Waals surface area contributed by atoms with Crippen LogP contribution < -0.4 is 8.61 Å².